The van der Waals surface area contributed by atoms with Crippen molar-refractivity contribution in [1.82, 2.24) is 10.2 Å². The Hall–Kier alpha value is -1.17. The van der Waals surface area contributed by atoms with Crippen LogP contribution in [0.4, 0.5) is 4.39 Å². The monoisotopic (exact) mass is 282 g/mol. The van der Waals surface area contributed by atoms with E-state index in [0.717, 1.165) is 44.5 Å². The van der Waals surface area contributed by atoms with Crippen LogP contribution in [0.2, 0.25) is 0 Å². The van der Waals surface area contributed by atoms with Gasteiger partial charge < -0.3 is 15.2 Å². The second-order valence-corrected chi connectivity index (χ2v) is 5.41. The lowest BCUT2D eigenvalue weighted by atomic mass is 10.1. The topological polar surface area (TPSA) is 44.7 Å². The highest BCUT2D eigenvalue weighted by Crippen LogP contribution is 2.25. The summed E-state index contributed by atoms with van der Waals surface area (Å²) in [4.78, 5) is 2.36. The highest BCUT2D eigenvalue weighted by molar-refractivity contribution is 5.34. The van der Waals surface area contributed by atoms with Crippen LogP contribution in [0.25, 0.3) is 0 Å². The number of nitrogens with zero attached hydrogens (tertiary/aromatic N) is 1. The molecule has 1 heterocycles. The fourth-order valence-corrected chi connectivity index (χ4v) is 2.62. The molecule has 0 aromatic heterocycles. The third-order valence-corrected chi connectivity index (χ3v) is 3.63. The van der Waals surface area contributed by atoms with Crippen molar-refractivity contribution in [3.63, 3.8) is 0 Å². The van der Waals surface area contributed by atoms with Crippen molar-refractivity contribution in [2.45, 2.75) is 25.9 Å². The van der Waals surface area contributed by atoms with E-state index in [0.29, 0.717) is 0 Å². The van der Waals surface area contributed by atoms with Gasteiger partial charge in [0.2, 0.25) is 0 Å². The Kier molecular flexibility index (Phi) is 5.34. The van der Waals surface area contributed by atoms with Gasteiger partial charge >= 0.3 is 0 Å². The van der Waals surface area contributed by atoms with Crippen LogP contribution in [0.1, 0.15) is 25.5 Å². The summed E-state index contributed by atoms with van der Waals surface area (Å²) in [6.45, 7) is 8.54. The zero-order valence-corrected chi connectivity index (χ0v) is 12.1. The quantitative estimate of drug-likeness (QED) is 0.866. The van der Waals surface area contributed by atoms with Crippen LogP contribution in [-0.4, -0.2) is 48.9 Å². The minimum atomic E-state index is -0.417. The number of hydrogen-bond donors (Lipinski definition) is 2. The average molecular weight is 282 g/mol. The minimum absolute atomic E-state index is 0.00331. The normalized spacial score (nSPS) is 19.8. The first-order chi connectivity index (χ1) is 9.56. The van der Waals surface area contributed by atoms with E-state index in [2.05, 4.69) is 17.1 Å². The third-order valence-electron chi connectivity index (χ3n) is 3.63. The molecule has 1 fully saturated rings. The van der Waals surface area contributed by atoms with Gasteiger partial charge in [0, 0.05) is 43.3 Å². The van der Waals surface area contributed by atoms with E-state index in [1.54, 1.807) is 6.07 Å². The molecule has 2 rings (SSSR count). The lowest BCUT2D eigenvalue weighted by molar-refractivity contribution is 0.0339. The van der Waals surface area contributed by atoms with E-state index in [1.165, 1.54) is 6.07 Å². The lowest BCUT2D eigenvalue weighted by Gasteiger charge is -2.30. The van der Waals surface area contributed by atoms with Gasteiger partial charge in [0.15, 0.2) is 0 Å². The van der Waals surface area contributed by atoms with Crippen molar-refractivity contribution >= 4 is 0 Å². The Morgan fingerprint density at radius 3 is 2.70 bits per heavy atom. The highest BCUT2D eigenvalue weighted by Gasteiger charge is 2.17. The Morgan fingerprint density at radius 2 is 2.05 bits per heavy atom. The van der Waals surface area contributed by atoms with E-state index >= 15 is 0 Å². The first-order valence-electron chi connectivity index (χ1n) is 7.11. The van der Waals surface area contributed by atoms with Gasteiger partial charge in [0.25, 0.3) is 0 Å². The Balaban J connectivity index is 1.87. The first-order valence-corrected chi connectivity index (χ1v) is 7.11. The van der Waals surface area contributed by atoms with E-state index in [9.17, 15) is 9.50 Å². The molecule has 0 aliphatic carbocycles. The second-order valence-electron chi connectivity index (χ2n) is 5.41. The lowest BCUT2D eigenvalue weighted by Crippen LogP contribution is -2.44. The summed E-state index contributed by atoms with van der Waals surface area (Å²) in [6, 6.07) is 4.42. The predicted octanol–water partition coefficient (Wildman–Crippen LogP) is 1.90. The van der Waals surface area contributed by atoms with E-state index in [4.69, 9.17) is 4.74 Å². The van der Waals surface area contributed by atoms with Gasteiger partial charge in [-0.15, -0.1) is 0 Å². The van der Waals surface area contributed by atoms with Crippen molar-refractivity contribution in [3.8, 4) is 5.75 Å². The molecule has 1 aromatic rings. The number of hydrogen-bond acceptors (Lipinski definition) is 4. The molecule has 1 saturated heterocycles. The summed E-state index contributed by atoms with van der Waals surface area (Å²) in [5, 5.41) is 13.2. The van der Waals surface area contributed by atoms with Crippen LogP contribution in [0, 0.1) is 5.82 Å². The smallest absolute Gasteiger partial charge is 0.126 e. The number of morpholine rings is 1. The van der Waals surface area contributed by atoms with E-state index in [-0.39, 0.29) is 17.8 Å². The van der Waals surface area contributed by atoms with Crippen LogP contribution < -0.4 is 5.32 Å². The molecular formula is C15H23FN2O2. The molecule has 5 heteroatoms. The van der Waals surface area contributed by atoms with Crippen molar-refractivity contribution in [2.24, 2.45) is 0 Å². The Bertz CT molecular complexity index is 436. The van der Waals surface area contributed by atoms with Gasteiger partial charge in [-0.05, 0) is 19.9 Å². The molecule has 0 bridgehead atoms. The number of nitrogens with one attached hydrogen (secondary N) is 1. The molecule has 2 atom stereocenters. The van der Waals surface area contributed by atoms with Gasteiger partial charge in [0.1, 0.15) is 11.6 Å². The molecule has 0 amide bonds. The molecule has 0 radical (unpaired) electrons. The van der Waals surface area contributed by atoms with E-state index < -0.39 is 5.82 Å². The summed E-state index contributed by atoms with van der Waals surface area (Å²) >= 11 is 0. The largest absolute Gasteiger partial charge is 0.508 e. The Morgan fingerprint density at radius 1 is 1.35 bits per heavy atom. The maximum absolute atomic E-state index is 13.0. The van der Waals surface area contributed by atoms with Crippen molar-refractivity contribution < 1.29 is 14.2 Å². The summed E-state index contributed by atoms with van der Waals surface area (Å²) < 4.78 is 18.3. The number of phenolic OH excluding ortho intramolecular Hbond substituents is 1. The fraction of sp³-hybridized carbons (Fsp3) is 0.600. The van der Waals surface area contributed by atoms with Crippen molar-refractivity contribution in [1.29, 1.82) is 0 Å². The maximum atomic E-state index is 13.0. The minimum Gasteiger partial charge on any atom is -0.508 e. The predicted molar refractivity (Wildman–Crippen MR) is 76.3 cm³/mol. The van der Waals surface area contributed by atoms with Crippen LogP contribution >= 0.6 is 0 Å². The number of aromatic hydroxyl groups is 1. The van der Waals surface area contributed by atoms with Gasteiger partial charge in [-0.1, -0.05) is 6.07 Å². The molecule has 2 N–H and O–H groups in total. The highest BCUT2D eigenvalue weighted by atomic mass is 19.1. The first kappa shape index (κ1) is 15.2. The molecule has 1 aliphatic heterocycles. The van der Waals surface area contributed by atoms with Crippen LogP contribution in [0.5, 0.6) is 5.75 Å². The average Bonchev–Trinajstić information content (AvgIpc) is 2.39. The van der Waals surface area contributed by atoms with Gasteiger partial charge in [-0.3, -0.25) is 4.90 Å². The zero-order chi connectivity index (χ0) is 14.5. The molecular weight excluding hydrogens is 259 g/mol. The molecule has 112 valence electrons. The van der Waals surface area contributed by atoms with Gasteiger partial charge in [-0.25, -0.2) is 4.39 Å². The molecule has 0 spiro atoms. The molecule has 2 unspecified atom stereocenters. The molecule has 1 aromatic carbocycles. The number of phenols is 1. The summed E-state index contributed by atoms with van der Waals surface area (Å²) in [5.41, 5.74) is 0.722. The van der Waals surface area contributed by atoms with Gasteiger partial charge in [0.05, 0.1) is 13.2 Å². The summed E-state index contributed by atoms with van der Waals surface area (Å²) in [6.07, 6.45) is 0. The molecule has 1 aliphatic rings. The van der Waals surface area contributed by atoms with Crippen LogP contribution in [-0.2, 0) is 4.74 Å². The zero-order valence-electron chi connectivity index (χ0n) is 12.1. The number of rotatable bonds is 5. The van der Waals surface area contributed by atoms with Gasteiger partial charge in [-0.2, -0.15) is 0 Å². The Labute approximate surface area is 119 Å². The number of ether oxygens (including phenoxy) is 1. The second kappa shape index (κ2) is 7.02. The maximum Gasteiger partial charge on any atom is 0.126 e. The van der Waals surface area contributed by atoms with Crippen molar-refractivity contribution in [3.05, 3.63) is 29.6 Å². The van der Waals surface area contributed by atoms with Crippen molar-refractivity contribution in [2.75, 3.05) is 32.8 Å². The standard InChI is InChI=1S/C15H23FN2O2/c1-11(10-18-5-7-20-8-6-18)17-12(2)14-4-3-13(16)9-15(14)19/h3-4,9,11-12,17,19H,5-8,10H2,1-2H3. The summed E-state index contributed by atoms with van der Waals surface area (Å²) in [7, 11) is 0. The van der Waals surface area contributed by atoms with Crippen LogP contribution in [0.3, 0.4) is 0 Å². The number of benzene rings is 1. The molecule has 4 nitrogen and oxygen atoms in total. The summed E-state index contributed by atoms with van der Waals surface area (Å²) in [5.74, 6) is -0.414. The third kappa shape index (κ3) is 4.16. The molecule has 0 saturated carbocycles. The van der Waals surface area contributed by atoms with E-state index in [1.807, 2.05) is 6.92 Å². The molecule has 20 heavy (non-hydrogen) atoms. The number of halogens is 1. The SMILES string of the molecule is CC(CN1CCOCC1)NC(C)c1ccc(F)cc1O. The van der Waals surface area contributed by atoms with Crippen LogP contribution in [0.15, 0.2) is 18.2 Å². The fourth-order valence-electron chi connectivity index (χ4n) is 2.62.